The van der Waals surface area contributed by atoms with Crippen molar-refractivity contribution in [2.75, 3.05) is 0 Å². The van der Waals surface area contributed by atoms with E-state index in [9.17, 15) is 4.79 Å². The number of rotatable bonds is 1. The molecular formula is CH6N2O5. The molecule has 0 rings (SSSR count). The van der Waals surface area contributed by atoms with Gasteiger partial charge in [0, 0.05) is 0 Å². The third-order valence-corrected chi connectivity index (χ3v) is 0.146. The van der Waals surface area contributed by atoms with Crippen molar-refractivity contribution in [2.45, 2.75) is 0 Å². The molecule has 0 aliphatic carbocycles. The highest BCUT2D eigenvalue weighted by Gasteiger charge is 1.81. The molecule has 0 saturated heterocycles. The number of carbonyl (C=O) groups is 1. The number of carbonyl (C=O) groups excluding carboxylic acids is 1. The highest BCUT2D eigenvalue weighted by atomic mass is 17.2. The molecule has 0 saturated carbocycles. The molecule has 6 N–H and O–H groups in total. The van der Waals surface area contributed by atoms with E-state index in [4.69, 9.17) is 15.8 Å². The Morgan fingerprint density at radius 2 is 2.00 bits per heavy atom. The Bertz CT molecular complexity index is 54.4. The van der Waals surface area contributed by atoms with E-state index in [2.05, 4.69) is 10.7 Å². The van der Waals surface area contributed by atoms with Gasteiger partial charge in [0.15, 0.2) is 0 Å². The van der Waals surface area contributed by atoms with Gasteiger partial charge in [-0.15, -0.1) is 4.99 Å². The van der Waals surface area contributed by atoms with Gasteiger partial charge in [-0.3, -0.25) is 10.5 Å². The van der Waals surface area contributed by atoms with Gasteiger partial charge in [0.05, 0.1) is 0 Å². The van der Waals surface area contributed by atoms with Gasteiger partial charge in [0.2, 0.25) is 0 Å². The molecular weight excluding hydrogens is 120 g/mol. The molecule has 0 aliphatic heterocycles. The summed E-state index contributed by atoms with van der Waals surface area (Å²) in [6.45, 7) is 0. The normalized spacial score (nSPS) is 6.38. The van der Waals surface area contributed by atoms with Gasteiger partial charge in [-0.25, -0.2) is 10.1 Å². The van der Waals surface area contributed by atoms with Gasteiger partial charge < -0.3 is 5.73 Å². The number of nitrogens with one attached hydrogen (secondary N) is 1. The average Bonchev–Trinajstić information content (AvgIpc) is 1.72. The van der Waals surface area contributed by atoms with E-state index >= 15 is 0 Å². The van der Waals surface area contributed by atoms with Crippen molar-refractivity contribution in [2.24, 2.45) is 5.73 Å². The van der Waals surface area contributed by atoms with Crippen LogP contribution in [0.25, 0.3) is 0 Å². The lowest BCUT2D eigenvalue weighted by Crippen LogP contribution is -2.27. The van der Waals surface area contributed by atoms with Crippen LogP contribution in [0.5, 0.6) is 0 Å². The van der Waals surface area contributed by atoms with Crippen LogP contribution in [0, 0.1) is 0 Å². The number of nitrogens with two attached hydrogens (primary N) is 1. The van der Waals surface area contributed by atoms with Gasteiger partial charge in [-0.1, -0.05) is 0 Å². The summed E-state index contributed by atoms with van der Waals surface area (Å²) in [6, 6.07) is -0.933. The van der Waals surface area contributed by atoms with Crippen LogP contribution in [-0.4, -0.2) is 21.8 Å². The van der Waals surface area contributed by atoms with Crippen LogP contribution >= 0.6 is 0 Å². The van der Waals surface area contributed by atoms with Gasteiger partial charge in [-0.05, 0) is 0 Å². The SMILES string of the molecule is NC(=O)NOO.OO. The summed E-state index contributed by atoms with van der Waals surface area (Å²) in [6.07, 6.45) is 0. The van der Waals surface area contributed by atoms with Crippen LogP contribution in [0.1, 0.15) is 0 Å². The quantitative estimate of drug-likeness (QED) is 0.229. The third kappa shape index (κ3) is 19.4. The van der Waals surface area contributed by atoms with Gasteiger partial charge in [-0.2, -0.15) is 5.48 Å². The molecule has 0 aromatic rings. The second-order valence-corrected chi connectivity index (χ2v) is 0.558. The smallest absolute Gasteiger partial charge is 0.338 e. The highest BCUT2D eigenvalue weighted by molar-refractivity contribution is 5.70. The number of urea groups is 1. The molecule has 0 aromatic carbocycles. The number of primary amides is 1. The van der Waals surface area contributed by atoms with Crippen molar-refractivity contribution in [1.29, 1.82) is 0 Å². The zero-order chi connectivity index (χ0) is 6.99. The fraction of sp³-hybridized carbons (Fsp3) is 0. The molecule has 0 aromatic heterocycles. The zero-order valence-electron chi connectivity index (χ0n) is 3.74. The van der Waals surface area contributed by atoms with Crippen LogP contribution in [0.3, 0.4) is 0 Å². The van der Waals surface area contributed by atoms with E-state index in [1.807, 2.05) is 0 Å². The Hall–Kier alpha value is -0.890. The van der Waals surface area contributed by atoms with E-state index < -0.39 is 6.03 Å². The van der Waals surface area contributed by atoms with E-state index in [0.717, 1.165) is 0 Å². The topological polar surface area (TPSA) is 125 Å². The Balaban J connectivity index is 0. The Morgan fingerprint density at radius 3 is 2.00 bits per heavy atom. The maximum Gasteiger partial charge on any atom is 0.338 e. The van der Waals surface area contributed by atoms with E-state index in [1.165, 1.54) is 5.48 Å². The molecule has 0 aliphatic rings. The predicted molar refractivity (Wildman–Crippen MR) is 21.7 cm³/mol. The lowest BCUT2D eigenvalue weighted by Gasteiger charge is -1.87. The van der Waals surface area contributed by atoms with E-state index in [0.29, 0.717) is 0 Å². The summed E-state index contributed by atoms with van der Waals surface area (Å²) in [5, 5.41) is 19.3. The first-order valence-corrected chi connectivity index (χ1v) is 1.33. The number of hydroxylamine groups is 1. The minimum Gasteiger partial charge on any atom is -0.350 e. The maximum atomic E-state index is 9.43. The Kier molecular flexibility index (Phi) is 12.0. The van der Waals surface area contributed by atoms with Crippen molar-refractivity contribution in [1.82, 2.24) is 5.48 Å². The molecule has 0 fully saturated rings. The number of hydrogen-bond acceptors (Lipinski definition) is 5. The summed E-state index contributed by atoms with van der Waals surface area (Å²) in [7, 11) is 0. The predicted octanol–water partition coefficient (Wildman–Crippen LogP) is -0.923. The molecule has 7 heteroatoms. The van der Waals surface area contributed by atoms with Crippen molar-refractivity contribution in [3.63, 3.8) is 0 Å². The molecule has 0 spiro atoms. The van der Waals surface area contributed by atoms with Crippen LogP contribution in [0.15, 0.2) is 0 Å². The fourth-order valence-electron chi connectivity index (χ4n) is 0.0450. The molecule has 7 nitrogen and oxygen atoms in total. The first kappa shape index (κ1) is 10.2. The average molecular weight is 126 g/mol. The molecule has 50 valence electrons. The lowest BCUT2D eigenvalue weighted by atomic mass is 11.2. The number of amides is 2. The van der Waals surface area contributed by atoms with Crippen molar-refractivity contribution in [3.05, 3.63) is 0 Å². The lowest BCUT2D eigenvalue weighted by molar-refractivity contribution is -0.276. The molecule has 2 amide bonds. The molecule has 0 unspecified atom stereocenters. The van der Waals surface area contributed by atoms with Gasteiger partial charge in [0.25, 0.3) is 0 Å². The summed E-state index contributed by atoms with van der Waals surface area (Å²) in [5.41, 5.74) is 5.77. The Morgan fingerprint density at radius 1 is 1.62 bits per heavy atom. The van der Waals surface area contributed by atoms with Crippen LogP contribution < -0.4 is 11.2 Å². The summed E-state index contributed by atoms with van der Waals surface area (Å²) in [4.78, 5) is 12.5. The van der Waals surface area contributed by atoms with E-state index in [1.54, 1.807) is 0 Å². The molecule has 8 heavy (non-hydrogen) atoms. The van der Waals surface area contributed by atoms with Crippen LogP contribution in [0.2, 0.25) is 0 Å². The van der Waals surface area contributed by atoms with E-state index in [-0.39, 0.29) is 0 Å². The molecule has 0 atom stereocenters. The zero-order valence-corrected chi connectivity index (χ0v) is 3.74. The number of hydrogen-bond donors (Lipinski definition) is 5. The monoisotopic (exact) mass is 126 g/mol. The van der Waals surface area contributed by atoms with Crippen LogP contribution in [-0.2, 0) is 4.99 Å². The van der Waals surface area contributed by atoms with Crippen molar-refractivity contribution < 1.29 is 25.6 Å². The van der Waals surface area contributed by atoms with Crippen molar-refractivity contribution >= 4 is 6.03 Å². The molecule has 0 radical (unpaired) electrons. The standard InChI is InChI=1S/CH4N2O3.H2O2/c2-1(4)3-6-5;1-2/h5H,(H3,2,3,4);1-2H. The fourth-order valence-corrected chi connectivity index (χ4v) is 0.0450. The van der Waals surface area contributed by atoms with Gasteiger partial charge in [0.1, 0.15) is 0 Å². The second-order valence-electron chi connectivity index (χ2n) is 0.558. The second kappa shape index (κ2) is 9.44. The largest absolute Gasteiger partial charge is 0.350 e. The minimum atomic E-state index is -0.933. The highest BCUT2D eigenvalue weighted by Crippen LogP contribution is 1.48. The maximum absolute atomic E-state index is 9.43. The molecule has 0 heterocycles. The summed E-state index contributed by atoms with van der Waals surface area (Å²) in [5.74, 6) is 0. The third-order valence-electron chi connectivity index (χ3n) is 0.146. The Labute approximate surface area is 44.1 Å². The summed E-state index contributed by atoms with van der Waals surface area (Å²) >= 11 is 0. The summed E-state index contributed by atoms with van der Waals surface area (Å²) < 4.78 is 0. The minimum absolute atomic E-state index is 0.933. The molecule has 0 bridgehead atoms. The van der Waals surface area contributed by atoms with Crippen molar-refractivity contribution in [3.8, 4) is 0 Å². The van der Waals surface area contributed by atoms with Crippen LogP contribution in [0.4, 0.5) is 4.79 Å². The first-order valence-electron chi connectivity index (χ1n) is 1.33. The van der Waals surface area contributed by atoms with Gasteiger partial charge >= 0.3 is 6.03 Å². The first-order chi connectivity index (χ1) is 3.77.